The maximum Gasteiger partial charge on any atom is 0.223 e. The van der Waals surface area contributed by atoms with Gasteiger partial charge in [-0.2, -0.15) is 0 Å². The zero-order chi connectivity index (χ0) is 18.5. The number of hydrogen-bond acceptors (Lipinski definition) is 6. The second-order valence-electron chi connectivity index (χ2n) is 5.81. The Balaban J connectivity index is 1.51. The molecule has 1 aliphatic rings. The van der Waals surface area contributed by atoms with Crippen molar-refractivity contribution in [2.24, 2.45) is 0 Å². The first-order valence-corrected chi connectivity index (χ1v) is 10.7. The van der Waals surface area contributed by atoms with Crippen LogP contribution in [0.3, 0.4) is 0 Å². The van der Waals surface area contributed by atoms with Gasteiger partial charge in [0.25, 0.3) is 0 Å². The maximum absolute atomic E-state index is 12.2. The van der Waals surface area contributed by atoms with Gasteiger partial charge in [0.2, 0.25) is 5.91 Å². The molecule has 0 aliphatic carbocycles. The van der Waals surface area contributed by atoms with Crippen molar-refractivity contribution in [2.75, 3.05) is 18.9 Å². The van der Waals surface area contributed by atoms with E-state index < -0.39 is 0 Å². The molecule has 0 unspecified atom stereocenters. The number of ether oxygens (including phenoxy) is 1. The first-order valence-electron chi connectivity index (χ1n) is 8.11. The Labute approximate surface area is 170 Å². The summed E-state index contributed by atoms with van der Waals surface area (Å²) in [4.78, 5) is 18.3. The molecule has 1 fully saturated rings. The number of thiazole rings is 1. The fourth-order valence-electron chi connectivity index (χ4n) is 2.74. The van der Waals surface area contributed by atoms with Crippen molar-refractivity contribution < 1.29 is 14.6 Å². The van der Waals surface area contributed by atoms with Crippen LogP contribution in [0.25, 0.3) is 0 Å². The molecule has 1 aromatic heterocycles. The Hall–Kier alpha value is -0.990. The SMILES string of the molecule is O=C1CC[C@H](COc2cc(Cl)cc(Cl)c2)N1CCSc1nc(CO)cs1. The average Bonchev–Trinajstić information content (AvgIpc) is 3.20. The topological polar surface area (TPSA) is 62.7 Å². The number of nitrogens with zero attached hydrogens (tertiary/aromatic N) is 2. The second kappa shape index (κ2) is 9.28. The standard InChI is InChI=1S/C17H18Cl2N2O3S2/c18-11-5-12(19)7-15(6-11)24-9-14-1-2-16(23)21(14)3-4-25-17-20-13(8-22)10-26-17/h5-7,10,14,22H,1-4,8-9H2/t14-/m1/s1. The van der Waals surface area contributed by atoms with Crippen LogP contribution in [-0.4, -0.2) is 45.8 Å². The van der Waals surface area contributed by atoms with Crippen LogP contribution in [0.2, 0.25) is 10.0 Å². The molecule has 2 aromatic rings. The summed E-state index contributed by atoms with van der Waals surface area (Å²) >= 11 is 15.1. The molecule has 140 valence electrons. The molecule has 1 atom stereocenters. The number of amides is 1. The van der Waals surface area contributed by atoms with E-state index in [1.165, 1.54) is 11.3 Å². The summed E-state index contributed by atoms with van der Waals surface area (Å²) in [5.74, 6) is 1.51. The van der Waals surface area contributed by atoms with Gasteiger partial charge in [0.05, 0.1) is 18.3 Å². The van der Waals surface area contributed by atoms with Crippen molar-refractivity contribution in [1.29, 1.82) is 0 Å². The van der Waals surface area contributed by atoms with Crippen molar-refractivity contribution in [3.05, 3.63) is 39.3 Å². The molecular weight excluding hydrogens is 415 g/mol. The van der Waals surface area contributed by atoms with Gasteiger partial charge in [-0.25, -0.2) is 4.98 Å². The van der Waals surface area contributed by atoms with Crippen LogP contribution in [0.4, 0.5) is 0 Å². The highest BCUT2D eigenvalue weighted by Gasteiger charge is 2.31. The monoisotopic (exact) mass is 432 g/mol. The minimum atomic E-state index is -0.0470. The third-order valence-corrected chi connectivity index (χ3v) is 6.47. The molecule has 1 saturated heterocycles. The molecule has 0 spiro atoms. The Kier molecular flexibility index (Phi) is 7.05. The van der Waals surface area contributed by atoms with Gasteiger partial charge in [-0.15, -0.1) is 11.3 Å². The summed E-state index contributed by atoms with van der Waals surface area (Å²) in [6.45, 7) is 1.01. The Morgan fingerprint density at radius 1 is 1.35 bits per heavy atom. The van der Waals surface area contributed by atoms with Crippen LogP contribution in [0.15, 0.2) is 27.9 Å². The van der Waals surface area contributed by atoms with Crippen LogP contribution >= 0.6 is 46.3 Å². The van der Waals surface area contributed by atoms with Gasteiger partial charge in [-0.05, 0) is 24.6 Å². The van der Waals surface area contributed by atoms with Crippen molar-refractivity contribution in [3.8, 4) is 5.75 Å². The van der Waals surface area contributed by atoms with Crippen LogP contribution in [0.5, 0.6) is 5.75 Å². The Morgan fingerprint density at radius 3 is 2.81 bits per heavy atom. The predicted molar refractivity (Wildman–Crippen MR) is 105 cm³/mol. The smallest absolute Gasteiger partial charge is 0.223 e. The van der Waals surface area contributed by atoms with Gasteiger partial charge in [-0.3, -0.25) is 4.79 Å². The van der Waals surface area contributed by atoms with Gasteiger partial charge in [0.1, 0.15) is 16.7 Å². The van der Waals surface area contributed by atoms with E-state index in [1.807, 2.05) is 10.3 Å². The Bertz CT molecular complexity index is 752. The van der Waals surface area contributed by atoms with E-state index in [0.29, 0.717) is 41.1 Å². The van der Waals surface area contributed by atoms with Crippen LogP contribution in [-0.2, 0) is 11.4 Å². The number of carbonyl (C=O) groups excluding carboxylic acids is 1. The molecule has 0 bridgehead atoms. The summed E-state index contributed by atoms with van der Waals surface area (Å²) in [7, 11) is 0. The molecular formula is C17H18Cl2N2O3S2. The highest BCUT2D eigenvalue weighted by molar-refractivity contribution is 8.01. The number of rotatable bonds is 8. The van der Waals surface area contributed by atoms with Gasteiger partial charge in [0, 0.05) is 34.1 Å². The molecule has 2 heterocycles. The number of aliphatic hydroxyl groups excluding tert-OH is 1. The molecule has 1 amide bonds. The van der Waals surface area contributed by atoms with Gasteiger partial charge in [-0.1, -0.05) is 35.0 Å². The van der Waals surface area contributed by atoms with Crippen molar-refractivity contribution in [3.63, 3.8) is 0 Å². The quantitative estimate of drug-likeness (QED) is 0.635. The van der Waals surface area contributed by atoms with E-state index in [2.05, 4.69) is 4.98 Å². The average molecular weight is 433 g/mol. The predicted octanol–water partition coefficient (Wildman–Crippen LogP) is 4.10. The molecule has 9 heteroatoms. The van der Waals surface area contributed by atoms with Crippen molar-refractivity contribution >= 4 is 52.2 Å². The summed E-state index contributed by atoms with van der Waals surface area (Å²) < 4.78 is 6.71. The lowest BCUT2D eigenvalue weighted by Crippen LogP contribution is -2.38. The number of likely N-dealkylation sites (tertiary alicyclic amines) is 1. The van der Waals surface area contributed by atoms with Crippen molar-refractivity contribution in [2.45, 2.75) is 29.8 Å². The number of aromatic nitrogens is 1. The number of benzene rings is 1. The lowest BCUT2D eigenvalue weighted by Gasteiger charge is -2.24. The maximum atomic E-state index is 12.2. The number of aliphatic hydroxyl groups is 1. The zero-order valence-corrected chi connectivity index (χ0v) is 17.0. The zero-order valence-electron chi connectivity index (χ0n) is 13.9. The number of halogens is 2. The number of carbonyl (C=O) groups is 1. The molecule has 3 rings (SSSR count). The molecule has 26 heavy (non-hydrogen) atoms. The van der Waals surface area contributed by atoms with E-state index in [0.717, 1.165) is 16.5 Å². The first-order chi connectivity index (χ1) is 12.5. The molecule has 0 radical (unpaired) electrons. The van der Waals surface area contributed by atoms with E-state index in [9.17, 15) is 4.79 Å². The minimum absolute atomic E-state index is 0.0464. The highest BCUT2D eigenvalue weighted by atomic mass is 35.5. The van der Waals surface area contributed by atoms with E-state index in [4.69, 9.17) is 33.0 Å². The van der Waals surface area contributed by atoms with Crippen LogP contribution in [0.1, 0.15) is 18.5 Å². The van der Waals surface area contributed by atoms with Gasteiger partial charge >= 0.3 is 0 Å². The normalized spacial score (nSPS) is 17.1. The van der Waals surface area contributed by atoms with Crippen LogP contribution < -0.4 is 4.74 Å². The third kappa shape index (κ3) is 5.27. The number of hydrogen-bond donors (Lipinski definition) is 1. The first kappa shape index (κ1) is 19.8. The van der Waals surface area contributed by atoms with E-state index in [-0.39, 0.29) is 18.6 Å². The van der Waals surface area contributed by atoms with Gasteiger partial charge in [0.15, 0.2) is 0 Å². The second-order valence-corrected chi connectivity index (χ2v) is 8.88. The molecule has 1 aromatic carbocycles. The van der Waals surface area contributed by atoms with E-state index >= 15 is 0 Å². The summed E-state index contributed by atoms with van der Waals surface area (Å²) in [5, 5.41) is 11.9. The number of thioether (sulfide) groups is 1. The lowest BCUT2D eigenvalue weighted by molar-refractivity contribution is -0.129. The molecule has 1 N–H and O–H groups in total. The van der Waals surface area contributed by atoms with Gasteiger partial charge < -0.3 is 14.7 Å². The lowest BCUT2D eigenvalue weighted by atomic mass is 10.2. The molecule has 1 aliphatic heterocycles. The summed E-state index contributed by atoms with van der Waals surface area (Å²) in [5.41, 5.74) is 0.682. The highest BCUT2D eigenvalue weighted by Crippen LogP contribution is 2.27. The van der Waals surface area contributed by atoms with E-state index in [1.54, 1.807) is 30.0 Å². The largest absolute Gasteiger partial charge is 0.491 e. The fraction of sp³-hybridized carbons (Fsp3) is 0.412. The van der Waals surface area contributed by atoms with Crippen molar-refractivity contribution in [1.82, 2.24) is 9.88 Å². The Morgan fingerprint density at radius 2 is 2.12 bits per heavy atom. The molecule has 0 saturated carbocycles. The van der Waals surface area contributed by atoms with Crippen LogP contribution in [0, 0.1) is 0 Å². The summed E-state index contributed by atoms with van der Waals surface area (Å²) in [6.07, 6.45) is 1.32. The third-order valence-electron chi connectivity index (χ3n) is 3.98. The molecule has 5 nitrogen and oxygen atoms in total. The fourth-order valence-corrected chi connectivity index (χ4v) is 5.09. The minimum Gasteiger partial charge on any atom is -0.491 e. The summed E-state index contributed by atoms with van der Waals surface area (Å²) in [6, 6.07) is 5.13.